The molecule has 1 aliphatic rings. The van der Waals surface area contributed by atoms with Gasteiger partial charge in [-0.3, -0.25) is 4.79 Å². The van der Waals surface area contributed by atoms with Crippen LogP contribution in [0.3, 0.4) is 0 Å². The van der Waals surface area contributed by atoms with Gasteiger partial charge >= 0.3 is 0 Å². The quantitative estimate of drug-likeness (QED) is 0.526. The van der Waals surface area contributed by atoms with Gasteiger partial charge in [0.05, 0.1) is 4.90 Å². The minimum absolute atomic E-state index is 0.0207. The van der Waals surface area contributed by atoms with Crippen LogP contribution in [0.4, 0.5) is 0 Å². The van der Waals surface area contributed by atoms with Gasteiger partial charge in [0.15, 0.2) is 0 Å². The molecule has 0 aliphatic heterocycles. The van der Waals surface area contributed by atoms with Crippen molar-refractivity contribution < 1.29 is 13.2 Å². The molecule has 2 aromatic carbocycles. The van der Waals surface area contributed by atoms with Crippen molar-refractivity contribution in [2.45, 2.75) is 61.9 Å². The lowest BCUT2D eigenvalue weighted by atomic mass is 9.94. The summed E-state index contributed by atoms with van der Waals surface area (Å²) in [6.07, 6.45) is 5.42. The number of sulfonamides is 1. The molecule has 1 saturated carbocycles. The third-order valence-electron chi connectivity index (χ3n) is 6.15. The zero-order valence-corrected chi connectivity index (χ0v) is 19.2. The second-order valence-corrected chi connectivity index (χ2v) is 10.3. The smallest absolute Gasteiger partial charge is 0.240 e. The van der Waals surface area contributed by atoms with Crippen LogP contribution in [-0.4, -0.2) is 33.5 Å². The van der Waals surface area contributed by atoms with Crippen LogP contribution in [0.5, 0.6) is 0 Å². The summed E-state index contributed by atoms with van der Waals surface area (Å²) in [5.74, 6) is 0.0207. The summed E-state index contributed by atoms with van der Waals surface area (Å²) >= 11 is 0. The predicted molar refractivity (Wildman–Crippen MR) is 123 cm³/mol. The number of carbonyl (C=O) groups excluding carboxylic acids is 1. The van der Waals surface area contributed by atoms with E-state index in [9.17, 15) is 13.2 Å². The first-order valence-electron chi connectivity index (χ1n) is 11.0. The molecule has 1 aliphatic carbocycles. The molecule has 0 radical (unpaired) electrons. The van der Waals surface area contributed by atoms with Gasteiger partial charge in [0.2, 0.25) is 15.9 Å². The molecule has 2 aromatic rings. The van der Waals surface area contributed by atoms with E-state index < -0.39 is 10.0 Å². The summed E-state index contributed by atoms with van der Waals surface area (Å²) in [6.45, 7) is 2.80. The molecule has 0 heterocycles. The standard InChI is InChI=1S/C24H33N3O3S/c1-19(21-8-4-3-5-9-21)27-24(16-6-7-17-24)18-26-23(28)15-12-20-10-13-22(14-11-20)31(29,30)25-2/h3-5,8-11,13-14,19,25,27H,6-7,12,15-18H2,1-2H3,(H,26,28). The van der Waals surface area contributed by atoms with E-state index in [1.54, 1.807) is 24.3 Å². The van der Waals surface area contributed by atoms with Crippen molar-refractivity contribution in [3.8, 4) is 0 Å². The summed E-state index contributed by atoms with van der Waals surface area (Å²) in [6, 6.07) is 17.3. The fourth-order valence-electron chi connectivity index (χ4n) is 4.28. The number of benzene rings is 2. The van der Waals surface area contributed by atoms with E-state index in [-0.39, 0.29) is 22.4 Å². The molecule has 1 atom stereocenters. The molecule has 31 heavy (non-hydrogen) atoms. The Morgan fingerprint density at radius 1 is 1.03 bits per heavy atom. The van der Waals surface area contributed by atoms with Gasteiger partial charge in [-0.2, -0.15) is 0 Å². The van der Waals surface area contributed by atoms with Gasteiger partial charge in [0.25, 0.3) is 0 Å². The average molecular weight is 444 g/mol. The van der Waals surface area contributed by atoms with Gasteiger partial charge in [-0.15, -0.1) is 0 Å². The molecular formula is C24H33N3O3S. The van der Waals surface area contributed by atoms with Crippen LogP contribution in [0.15, 0.2) is 59.5 Å². The second kappa shape index (κ2) is 10.4. The lowest BCUT2D eigenvalue weighted by Crippen LogP contribution is -2.52. The van der Waals surface area contributed by atoms with Crippen molar-refractivity contribution in [1.29, 1.82) is 0 Å². The average Bonchev–Trinajstić information content (AvgIpc) is 3.25. The number of hydrogen-bond acceptors (Lipinski definition) is 4. The van der Waals surface area contributed by atoms with Crippen molar-refractivity contribution in [3.63, 3.8) is 0 Å². The van der Waals surface area contributed by atoms with Crippen LogP contribution in [0.2, 0.25) is 0 Å². The SMILES string of the molecule is CNS(=O)(=O)c1ccc(CCC(=O)NCC2(NC(C)c3ccccc3)CCCC2)cc1. The molecule has 0 bridgehead atoms. The first-order chi connectivity index (χ1) is 14.8. The Morgan fingerprint density at radius 2 is 1.68 bits per heavy atom. The van der Waals surface area contributed by atoms with Crippen molar-refractivity contribution in [2.75, 3.05) is 13.6 Å². The Kier molecular flexibility index (Phi) is 7.86. The van der Waals surface area contributed by atoms with E-state index in [2.05, 4.69) is 46.5 Å². The monoisotopic (exact) mass is 443 g/mol. The summed E-state index contributed by atoms with van der Waals surface area (Å²) in [4.78, 5) is 12.7. The van der Waals surface area contributed by atoms with Gasteiger partial charge in [-0.25, -0.2) is 13.1 Å². The second-order valence-electron chi connectivity index (χ2n) is 8.39. The highest BCUT2D eigenvalue weighted by atomic mass is 32.2. The normalized spacial score (nSPS) is 16.7. The third-order valence-corrected chi connectivity index (χ3v) is 7.58. The van der Waals surface area contributed by atoms with Gasteiger partial charge in [-0.1, -0.05) is 55.3 Å². The topological polar surface area (TPSA) is 87.3 Å². The van der Waals surface area contributed by atoms with Crippen molar-refractivity contribution in [2.24, 2.45) is 0 Å². The molecule has 1 unspecified atom stereocenters. The van der Waals surface area contributed by atoms with Crippen molar-refractivity contribution >= 4 is 15.9 Å². The number of hydrogen-bond donors (Lipinski definition) is 3. The van der Waals surface area contributed by atoms with Gasteiger partial charge < -0.3 is 10.6 Å². The largest absolute Gasteiger partial charge is 0.354 e. The highest BCUT2D eigenvalue weighted by molar-refractivity contribution is 7.89. The van der Waals surface area contributed by atoms with Crippen LogP contribution < -0.4 is 15.4 Å². The molecule has 7 heteroatoms. The number of amides is 1. The summed E-state index contributed by atoms with van der Waals surface area (Å²) in [5.41, 5.74) is 2.13. The molecule has 0 saturated heterocycles. The third kappa shape index (κ3) is 6.38. The van der Waals surface area contributed by atoms with E-state index in [1.807, 2.05) is 6.07 Å². The summed E-state index contributed by atoms with van der Waals surface area (Å²) in [7, 11) is -2.05. The van der Waals surface area contributed by atoms with Crippen LogP contribution in [-0.2, 0) is 21.2 Å². The number of aryl methyl sites for hydroxylation is 1. The van der Waals surface area contributed by atoms with Gasteiger partial charge in [-0.05, 0) is 56.5 Å². The lowest BCUT2D eigenvalue weighted by Gasteiger charge is -2.34. The zero-order chi connectivity index (χ0) is 22.3. The number of carbonyl (C=O) groups is 1. The van der Waals surface area contributed by atoms with E-state index in [1.165, 1.54) is 25.5 Å². The predicted octanol–water partition coefficient (Wildman–Crippen LogP) is 3.31. The highest BCUT2D eigenvalue weighted by Gasteiger charge is 2.35. The lowest BCUT2D eigenvalue weighted by molar-refractivity contribution is -0.121. The summed E-state index contributed by atoms with van der Waals surface area (Å²) < 4.78 is 25.9. The van der Waals surface area contributed by atoms with E-state index >= 15 is 0 Å². The molecule has 168 valence electrons. The summed E-state index contributed by atoms with van der Waals surface area (Å²) in [5, 5.41) is 6.92. The Bertz CT molecular complexity index is 953. The molecule has 1 fully saturated rings. The molecule has 6 nitrogen and oxygen atoms in total. The van der Waals surface area contributed by atoms with Gasteiger partial charge in [0.1, 0.15) is 0 Å². The molecular weight excluding hydrogens is 410 g/mol. The number of rotatable bonds is 10. The molecule has 3 N–H and O–H groups in total. The van der Waals surface area contributed by atoms with Crippen molar-refractivity contribution in [3.05, 3.63) is 65.7 Å². The number of nitrogens with one attached hydrogen (secondary N) is 3. The Balaban J connectivity index is 1.51. The van der Waals surface area contributed by atoms with E-state index in [0.717, 1.165) is 18.4 Å². The van der Waals surface area contributed by atoms with Crippen LogP contribution in [0.25, 0.3) is 0 Å². The highest BCUT2D eigenvalue weighted by Crippen LogP contribution is 2.32. The van der Waals surface area contributed by atoms with Crippen LogP contribution in [0.1, 0.15) is 56.2 Å². The maximum absolute atomic E-state index is 12.5. The first-order valence-corrected chi connectivity index (χ1v) is 12.4. The zero-order valence-electron chi connectivity index (χ0n) is 18.4. The molecule has 0 spiro atoms. The maximum atomic E-state index is 12.5. The minimum atomic E-state index is -3.44. The first kappa shape index (κ1) is 23.4. The van der Waals surface area contributed by atoms with Crippen LogP contribution >= 0.6 is 0 Å². The Morgan fingerprint density at radius 3 is 2.29 bits per heavy atom. The van der Waals surface area contributed by atoms with Gasteiger partial charge in [0, 0.05) is 24.5 Å². The molecule has 3 rings (SSSR count). The Hall–Kier alpha value is -2.22. The Labute approximate surface area is 185 Å². The molecule has 0 aromatic heterocycles. The van der Waals surface area contributed by atoms with Crippen LogP contribution in [0, 0.1) is 0 Å². The van der Waals surface area contributed by atoms with Crippen molar-refractivity contribution in [1.82, 2.24) is 15.4 Å². The maximum Gasteiger partial charge on any atom is 0.240 e. The minimum Gasteiger partial charge on any atom is -0.354 e. The van der Waals surface area contributed by atoms with E-state index in [0.29, 0.717) is 19.4 Å². The molecule has 1 amide bonds. The fraction of sp³-hybridized carbons (Fsp3) is 0.458. The fourth-order valence-corrected chi connectivity index (χ4v) is 5.01. The van der Waals surface area contributed by atoms with E-state index in [4.69, 9.17) is 0 Å².